The number of carbonyl (C=O) groups is 2. The van der Waals surface area contributed by atoms with Crippen LogP contribution in [-0.4, -0.2) is 82.5 Å². The predicted molar refractivity (Wildman–Crippen MR) is 142 cm³/mol. The fraction of sp³-hybridized carbons (Fsp3) is 0.444. The maximum Gasteiger partial charge on any atom is 0.409 e. The number of hydrogen-bond donors (Lipinski definition) is 1. The number of piperazine rings is 1. The molecule has 1 fully saturated rings. The highest BCUT2D eigenvalue weighted by Crippen LogP contribution is 2.32. The van der Waals surface area contributed by atoms with Gasteiger partial charge in [0.2, 0.25) is 18.6 Å². The highest BCUT2D eigenvalue weighted by molar-refractivity contribution is 5.78. The number of rotatable bonds is 8. The van der Waals surface area contributed by atoms with Gasteiger partial charge in [0.25, 0.3) is 0 Å². The fourth-order valence-corrected chi connectivity index (χ4v) is 4.71. The van der Waals surface area contributed by atoms with E-state index in [1.165, 1.54) is 7.11 Å². The zero-order valence-corrected chi connectivity index (χ0v) is 22.4. The van der Waals surface area contributed by atoms with E-state index >= 15 is 0 Å². The monoisotopic (exact) mass is 535 g/mol. The van der Waals surface area contributed by atoms with Crippen molar-refractivity contribution in [1.29, 1.82) is 0 Å². The van der Waals surface area contributed by atoms with Gasteiger partial charge >= 0.3 is 6.09 Å². The lowest BCUT2D eigenvalue weighted by Crippen LogP contribution is -2.56. The number of benzene rings is 1. The van der Waals surface area contributed by atoms with Gasteiger partial charge in [-0.3, -0.25) is 9.36 Å². The molecule has 39 heavy (non-hydrogen) atoms. The highest BCUT2D eigenvalue weighted by Gasteiger charge is 2.33. The second-order valence-electron chi connectivity index (χ2n) is 9.83. The van der Waals surface area contributed by atoms with Crippen LogP contribution in [0, 0.1) is 0 Å². The molecule has 2 aromatic heterocycles. The van der Waals surface area contributed by atoms with E-state index < -0.39 is 6.09 Å². The average molecular weight is 536 g/mol. The Morgan fingerprint density at radius 2 is 2.00 bits per heavy atom. The van der Waals surface area contributed by atoms with Crippen LogP contribution < -0.4 is 19.7 Å². The molecule has 0 aliphatic carbocycles. The molecular formula is C27H33N7O5. The Balaban J connectivity index is 1.26. The number of hydrogen-bond acceptors (Lipinski definition) is 9. The summed E-state index contributed by atoms with van der Waals surface area (Å²) in [5.41, 5.74) is 1.94. The third-order valence-electron chi connectivity index (χ3n) is 6.86. The van der Waals surface area contributed by atoms with E-state index in [1.54, 1.807) is 28.2 Å². The zero-order chi connectivity index (χ0) is 27.4. The number of fused-ring (bicyclic) bond motifs is 1. The van der Waals surface area contributed by atoms with Gasteiger partial charge in [-0.1, -0.05) is 19.9 Å². The maximum atomic E-state index is 13.0. The molecule has 0 radical (unpaired) electrons. The first kappa shape index (κ1) is 26.3. The normalized spacial score (nSPS) is 16.5. The van der Waals surface area contributed by atoms with Crippen molar-refractivity contribution < 1.29 is 23.8 Å². The molecule has 4 heterocycles. The summed E-state index contributed by atoms with van der Waals surface area (Å²) >= 11 is 0. The largest absolute Gasteiger partial charge is 0.454 e. The molecule has 1 aromatic carbocycles. The van der Waals surface area contributed by atoms with Crippen LogP contribution in [0.1, 0.15) is 37.4 Å². The Morgan fingerprint density at radius 1 is 1.15 bits per heavy atom. The molecule has 0 saturated carbocycles. The van der Waals surface area contributed by atoms with E-state index in [2.05, 4.69) is 29.0 Å². The molecule has 1 N–H and O–H groups in total. The minimum Gasteiger partial charge on any atom is -0.454 e. The van der Waals surface area contributed by atoms with Crippen molar-refractivity contribution >= 4 is 17.8 Å². The Labute approximate surface area is 226 Å². The molecule has 2 amide bonds. The van der Waals surface area contributed by atoms with Crippen molar-refractivity contribution in [3.8, 4) is 17.4 Å². The second kappa shape index (κ2) is 11.6. The van der Waals surface area contributed by atoms with Crippen LogP contribution >= 0.6 is 0 Å². The molecular weight excluding hydrogens is 502 g/mol. The van der Waals surface area contributed by atoms with E-state index in [4.69, 9.17) is 24.2 Å². The molecule has 1 unspecified atom stereocenters. The Kier molecular flexibility index (Phi) is 7.80. The predicted octanol–water partition coefficient (Wildman–Crippen LogP) is 2.52. The van der Waals surface area contributed by atoms with Crippen LogP contribution in [-0.2, 0) is 16.0 Å². The molecule has 2 aliphatic rings. The first-order valence-corrected chi connectivity index (χ1v) is 13.0. The lowest BCUT2D eigenvalue weighted by atomic mass is 10.1. The number of amides is 2. The SMILES string of the molecule is COC(=O)N1CCN(c2cc(C(C)C)nc(-n3ccnc3)n2)CC1CC(=O)NCCc1ccc2c(c1)OCO2. The van der Waals surface area contributed by atoms with Gasteiger partial charge in [0.1, 0.15) is 12.1 Å². The van der Waals surface area contributed by atoms with Gasteiger partial charge in [0.05, 0.1) is 18.8 Å². The molecule has 206 valence electrons. The summed E-state index contributed by atoms with van der Waals surface area (Å²) in [5, 5.41) is 2.99. The Bertz CT molecular complexity index is 1310. The van der Waals surface area contributed by atoms with Gasteiger partial charge in [-0.2, -0.15) is 4.98 Å². The van der Waals surface area contributed by atoms with Crippen molar-refractivity contribution in [2.75, 3.05) is 45.0 Å². The Hall–Kier alpha value is -4.35. The molecule has 1 atom stereocenters. The first-order chi connectivity index (χ1) is 18.9. The van der Waals surface area contributed by atoms with Crippen molar-refractivity contribution in [2.45, 2.75) is 38.6 Å². The van der Waals surface area contributed by atoms with Crippen molar-refractivity contribution in [2.24, 2.45) is 0 Å². The summed E-state index contributed by atoms with van der Waals surface area (Å²) in [5.74, 6) is 2.78. The number of nitrogens with zero attached hydrogens (tertiary/aromatic N) is 6. The van der Waals surface area contributed by atoms with Crippen molar-refractivity contribution in [3.05, 3.63) is 54.2 Å². The first-order valence-electron chi connectivity index (χ1n) is 13.0. The van der Waals surface area contributed by atoms with E-state index in [-0.39, 0.29) is 31.1 Å². The summed E-state index contributed by atoms with van der Waals surface area (Å²) in [7, 11) is 1.36. The topological polar surface area (TPSA) is 124 Å². The number of carbonyl (C=O) groups excluding carboxylic acids is 2. The average Bonchev–Trinajstić information content (AvgIpc) is 3.65. The van der Waals surface area contributed by atoms with E-state index in [0.29, 0.717) is 38.5 Å². The minimum absolute atomic E-state index is 0.138. The molecule has 2 aliphatic heterocycles. The number of ether oxygens (including phenoxy) is 3. The lowest BCUT2D eigenvalue weighted by Gasteiger charge is -2.41. The molecule has 12 nitrogen and oxygen atoms in total. The van der Waals surface area contributed by atoms with Crippen LogP contribution in [0.2, 0.25) is 0 Å². The van der Waals surface area contributed by atoms with Crippen molar-refractivity contribution in [1.82, 2.24) is 29.7 Å². The van der Waals surface area contributed by atoms with Gasteiger partial charge in [-0.05, 0) is 30.0 Å². The highest BCUT2D eigenvalue weighted by atomic mass is 16.7. The number of aromatic nitrogens is 4. The second-order valence-corrected chi connectivity index (χ2v) is 9.83. The van der Waals surface area contributed by atoms with Gasteiger partial charge in [0.15, 0.2) is 11.5 Å². The number of anilines is 1. The summed E-state index contributed by atoms with van der Waals surface area (Å²) in [6, 6.07) is 7.36. The van der Waals surface area contributed by atoms with Crippen LogP contribution in [0.5, 0.6) is 11.5 Å². The fourth-order valence-electron chi connectivity index (χ4n) is 4.71. The third kappa shape index (κ3) is 6.05. The molecule has 3 aromatic rings. The quantitative estimate of drug-likeness (QED) is 0.463. The summed E-state index contributed by atoms with van der Waals surface area (Å²) in [6.45, 7) is 6.24. The number of nitrogens with one attached hydrogen (secondary N) is 1. The minimum atomic E-state index is -0.447. The van der Waals surface area contributed by atoms with Crippen LogP contribution in [0.4, 0.5) is 10.6 Å². The van der Waals surface area contributed by atoms with E-state index in [9.17, 15) is 9.59 Å². The molecule has 12 heteroatoms. The summed E-state index contributed by atoms with van der Waals surface area (Å²) in [6.07, 6.45) is 5.49. The van der Waals surface area contributed by atoms with E-state index in [1.807, 2.05) is 24.3 Å². The standard InChI is InChI=1S/C27H33N7O5/c1-18(2)21-14-24(31-26(30-21)33-9-8-28-16-33)32-10-11-34(27(36)37-3)20(15-32)13-25(35)29-7-6-19-4-5-22-23(12-19)39-17-38-22/h4-5,8-9,12,14,16,18,20H,6-7,10-11,13,15,17H2,1-3H3,(H,29,35). The smallest absolute Gasteiger partial charge is 0.409 e. The van der Waals surface area contributed by atoms with Crippen molar-refractivity contribution in [3.63, 3.8) is 0 Å². The molecule has 0 spiro atoms. The van der Waals surface area contributed by atoms with Gasteiger partial charge < -0.3 is 29.3 Å². The maximum absolute atomic E-state index is 13.0. The number of methoxy groups -OCH3 is 1. The molecule has 1 saturated heterocycles. The van der Waals surface area contributed by atoms with Crippen LogP contribution in [0.25, 0.3) is 5.95 Å². The zero-order valence-electron chi connectivity index (χ0n) is 22.4. The van der Waals surface area contributed by atoms with E-state index in [0.717, 1.165) is 28.6 Å². The summed E-state index contributed by atoms with van der Waals surface area (Å²) in [4.78, 5) is 42.8. The van der Waals surface area contributed by atoms with Gasteiger partial charge in [0, 0.05) is 51.1 Å². The van der Waals surface area contributed by atoms with Gasteiger partial charge in [-0.15, -0.1) is 0 Å². The number of imidazole rings is 1. The molecule has 5 rings (SSSR count). The van der Waals surface area contributed by atoms with Gasteiger partial charge in [-0.25, -0.2) is 14.8 Å². The summed E-state index contributed by atoms with van der Waals surface area (Å²) < 4.78 is 17.6. The van der Waals surface area contributed by atoms with Crippen LogP contribution in [0.15, 0.2) is 43.0 Å². The Morgan fingerprint density at radius 3 is 2.77 bits per heavy atom. The lowest BCUT2D eigenvalue weighted by molar-refractivity contribution is -0.122. The third-order valence-corrected chi connectivity index (χ3v) is 6.86. The van der Waals surface area contributed by atoms with Crippen LogP contribution in [0.3, 0.4) is 0 Å². The molecule has 0 bridgehead atoms.